The zero-order chi connectivity index (χ0) is 14.8. The Morgan fingerprint density at radius 3 is 2.64 bits per heavy atom. The van der Waals surface area contributed by atoms with E-state index in [0.717, 1.165) is 56.1 Å². The summed E-state index contributed by atoms with van der Waals surface area (Å²) in [5.41, 5.74) is 1.90. The van der Waals surface area contributed by atoms with Crippen molar-refractivity contribution in [2.75, 3.05) is 29.9 Å². The smallest absolute Gasteiger partial charge is 0.241 e. The molecular weight excluding hydrogens is 302 g/mol. The summed E-state index contributed by atoms with van der Waals surface area (Å²) >= 11 is 0. The van der Waals surface area contributed by atoms with Gasteiger partial charge in [0.15, 0.2) is 5.82 Å². The van der Waals surface area contributed by atoms with Gasteiger partial charge in [-0.2, -0.15) is 5.10 Å². The molecule has 2 aliphatic heterocycles. The number of nitrogens with zero attached hydrogens (tertiary/aromatic N) is 3. The molecular formula is C15H26ClN5O. The fourth-order valence-electron chi connectivity index (χ4n) is 3.17. The Bertz CT molecular complexity index is 518. The highest BCUT2D eigenvalue weighted by molar-refractivity contribution is 5.98. The fourth-order valence-corrected chi connectivity index (χ4v) is 3.17. The second-order valence-electron chi connectivity index (χ2n) is 6.09. The molecule has 2 N–H and O–H groups in total. The SMILES string of the molecule is Cc1c(NC(=O)[C@@H]2CCCCN2)c(N2CCCC2)nn1C.Cl. The third-order valence-electron chi connectivity index (χ3n) is 4.60. The molecule has 0 bridgehead atoms. The minimum absolute atomic E-state index is 0. The van der Waals surface area contributed by atoms with Crippen LogP contribution in [-0.2, 0) is 11.8 Å². The van der Waals surface area contributed by atoms with Gasteiger partial charge in [0.1, 0.15) is 5.69 Å². The molecule has 1 amide bonds. The van der Waals surface area contributed by atoms with Crippen molar-refractivity contribution in [3.05, 3.63) is 5.69 Å². The number of piperidine rings is 1. The standard InChI is InChI=1S/C15H25N5O.ClH/c1-11-13(17-15(21)12-7-3-4-8-16-12)14(18-19(11)2)20-9-5-6-10-20;/h12,16H,3-10H2,1-2H3,(H,17,21);1H/t12-;/m0./s1. The maximum absolute atomic E-state index is 12.5. The largest absolute Gasteiger partial charge is 0.353 e. The van der Waals surface area contributed by atoms with Gasteiger partial charge in [0.25, 0.3) is 0 Å². The van der Waals surface area contributed by atoms with Crippen molar-refractivity contribution in [2.45, 2.75) is 45.1 Å². The van der Waals surface area contributed by atoms with Crippen LogP contribution >= 0.6 is 12.4 Å². The number of amides is 1. The highest BCUT2D eigenvalue weighted by Crippen LogP contribution is 2.30. The predicted octanol–water partition coefficient (Wildman–Crippen LogP) is 1.83. The fraction of sp³-hybridized carbons (Fsp3) is 0.733. The van der Waals surface area contributed by atoms with E-state index in [0.29, 0.717) is 0 Å². The van der Waals surface area contributed by atoms with Crippen LogP contribution in [0.1, 0.15) is 37.8 Å². The van der Waals surface area contributed by atoms with Gasteiger partial charge in [-0.15, -0.1) is 12.4 Å². The van der Waals surface area contributed by atoms with Crippen LogP contribution < -0.4 is 15.5 Å². The van der Waals surface area contributed by atoms with E-state index < -0.39 is 0 Å². The van der Waals surface area contributed by atoms with Gasteiger partial charge in [0, 0.05) is 20.1 Å². The van der Waals surface area contributed by atoms with Crippen molar-refractivity contribution >= 4 is 29.8 Å². The Balaban J connectivity index is 0.00000176. The highest BCUT2D eigenvalue weighted by Gasteiger charge is 2.26. The number of carbonyl (C=O) groups is 1. The summed E-state index contributed by atoms with van der Waals surface area (Å²) in [6.45, 7) is 5.00. The number of nitrogens with one attached hydrogen (secondary N) is 2. The van der Waals surface area contributed by atoms with Crippen LogP contribution in [0.2, 0.25) is 0 Å². The van der Waals surface area contributed by atoms with E-state index in [-0.39, 0.29) is 24.4 Å². The molecule has 2 fully saturated rings. The quantitative estimate of drug-likeness (QED) is 0.889. The number of aryl methyl sites for hydroxylation is 1. The minimum Gasteiger partial charge on any atom is -0.353 e. The molecule has 6 nitrogen and oxygen atoms in total. The summed E-state index contributed by atoms with van der Waals surface area (Å²) in [7, 11) is 1.93. The zero-order valence-corrected chi connectivity index (χ0v) is 14.2. The van der Waals surface area contributed by atoms with E-state index in [1.54, 1.807) is 0 Å². The van der Waals surface area contributed by atoms with E-state index in [2.05, 4.69) is 20.6 Å². The van der Waals surface area contributed by atoms with Gasteiger partial charge in [0.2, 0.25) is 5.91 Å². The molecule has 124 valence electrons. The lowest BCUT2D eigenvalue weighted by Crippen LogP contribution is -2.43. The summed E-state index contributed by atoms with van der Waals surface area (Å²) in [4.78, 5) is 14.7. The maximum atomic E-state index is 12.5. The average molecular weight is 328 g/mol. The first-order chi connectivity index (χ1) is 10.2. The van der Waals surface area contributed by atoms with E-state index in [1.807, 2.05) is 18.7 Å². The lowest BCUT2D eigenvalue weighted by Gasteiger charge is -2.23. The van der Waals surface area contributed by atoms with Gasteiger partial charge >= 0.3 is 0 Å². The molecule has 7 heteroatoms. The van der Waals surface area contributed by atoms with Crippen molar-refractivity contribution < 1.29 is 4.79 Å². The highest BCUT2D eigenvalue weighted by atomic mass is 35.5. The van der Waals surface area contributed by atoms with Gasteiger partial charge in [0.05, 0.1) is 11.7 Å². The lowest BCUT2D eigenvalue weighted by atomic mass is 10.0. The number of rotatable bonds is 3. The lowest BCUT2D eigenvalue weighted by molar-refractivity contribution is -0.118. The van der Waals surface area contributed by atoms with Gasteiger partial charge < -0.3 is 15.5 Å². The summed E-state index contributed by atoms with van der Waals surface area (Å²) < 4.78 is 1.86. The first-order valence-electron chi connectivity index (χ1n) is 7.99. The zero-order valence-electron chi connectivity index (χ0n) is 13.4. The molecule has 1 aromatic rings. The first-order valence-corrected chi connectivity index (χ1v) is 7.99. The summed E-state index contributed by atoms with van der Waals surface area (Å²) in [6, 6.07) is -0.0650. The number of hydrogen-bond donors (Lipinski definition) is 2. The van der Waals surface area contributed by atoms with Crippen LogP contribution in [0.25, 0.3) is 0 Å². The molecule has 2 aliphatic rings. The molecule has 0 spiro atoms. The van der Waals surface area contributed by atoms with Gasteiger partial charge in [-0.05, 0) is 39.2 Å². The Labute approximate surface area is 138 Å². The van der Waals surface area contributed by atoms with Crippen molar-refractivity contribution in [1.29, 1.82) is 0 Å². The second-order valence-corrected chi connectivity index (χ2v) is 6.09. The van der Waals surface area contributed by atoms with Crippen molar-refractivity contribution in [2.24, 2.45) is 7.05 Å². The number of hydrogen-bond acceptors (Lipinski definition) is 4. The normalized spacial score (nSPS) is 21.5. The minimum atomic E-state index is -0.0650. The van der Waals surface area contributed by atoms with Crippen molar-refractivity contribution in [1.82, 2.24) is 15.1 Å². The third-order valence-corrected chi connectivity index (χ3v) is 4.60. The van der Waals surface area contributed by atoms with E-state index in [9.17, 15) is 4.79 Å². The summed E-state index contributed by atoms with van der Waals surface area (Å²) in [6.07, 6.45) is 5.61. The molecule has 3 rings (SSSR count). The van der Waals surface area contributed by atoms with Crippen LogP contribution in [0.15, 0.2) is 0 Å². The molecule has 0 radical (unpaired) electrons. The average Bonchev–Trinajstić information content (AvgIpc) is 3.12. The molecule has 0 unspecified atom stereocenters. The molecule has 1 atom stereocenters. The molecule has 2 saturated heterocycles. The summed E-state index contributed by atoms with van der Waals surface area (Å²) in [5.74, 6) is 1.00. The Hall–Kier alpha value is -1.27. The monoisotopic (exact) mass is 327 g/mol. The molecule has 0 aliphatic carbocycles. The molecule has 0 saturated carbocycles. The summed E-state index contributed by atoms with van der Waals surface area (Å²) in [5, 5.41) is 11.0. The maximum Gasteiger partial charge on any atom is 0.241 e. The first kappa shape index (κ1) is 17.1. The van der Waals surface area contributed by atoms with Crippen molar-refractivity contribution in [3.8, 4) is 0 Å². The van der Waals surface area contributed by atoms with Crippen molar-refractivity contribution in [3.63, 3.8) is 0 Å². The van der Waals surface area contributed by atoms with E-state index in [1.165, 1.54) is 12.8 Å². The number of carbonyl (C=O) groups excluding carboxylic acids is 1. The predicted molar refractivity (Wildman–Crippen MR) is 90.9 cm³/mol. The Morgan fingerprint density at radius 2 is 2.00 bits per heavy atom. The van der Waals surface area contributed by atoms with E-state index >= 15 is 0 Å². The molecule has 0 aromatic carbocycles. The van der Waals surface area contributed by atoms with Gasteiger partial charge in [-0.25, -0.2) is 0 Å². The Morgan fingerprint density at radius 1 is 1.27 bits per heavy atom. The number of anilines is 2. The second kappa shape index (κ2) is 7.33. The molecule has 3 heterocycles. The molecule has 1 aromatic heterocycles. The topological polar surface area (TPSA) is 62.2 Å². The third kappa shape index (κ3) is 3.38. The van der Waals surface area contributed by atoms with Crippen LogP contribution in [-0.4, -0.2) is 41.4 Å². The van der Waals surface area contributed by atoms with Crippen LogP contribution in [0.4, 0.5) is 11.5 Å². The van der Waals surface area contributed by atoms with Crippen LogP contribution in [0, 0.1) is 6.92 Å². The van der Waals surface area contributed by atoms with E-state index in [4.69, 9.17) is 0 Å². The molecule has 22 heavy (non-hydrogen) atoms. The van der Waals surface area contributed by atoms with Crippen LogP contribution in [0.3, 0.4) is 0 Å². The van der Waals surface area contributed by atoms with Gasteiger partial charge in [-0.3, -0.25) is 9.48 Å². The number of aromatic nitrogens is 2. The Kier molecular flexibility index (Phi) is 5.69. The van der Waals surface area contributed by atoms with Crippen LogP contribution in [0.5, 0.6) is 0 Å². The van der Waals surface area contributed by atoms with Gasteiger partial charge in [-0.1, -0.05) is 6.42 Å². The number of halogens is 1.